The number of unbranched alkanes of at least 4 members (excludes halogenated alkanes) is 1. The highest BCUT2D eigenvalue weighted by Gasteiger charge is 1.97. The average Bonchev–Trinajstić information content (AvgIpc) is 2.35. The van der Waals surface area contributed by atoms with Crippen molar-refractivity contribution in [2.75, 3.05) is 18.5 Å². The maximum atomic E-state index is 8.70. The predicted octanol–water partition coefficient (Wildman–Crippen LogP) is 3.79. The fraction of sp³-hybridized carbons (Fsp3) is 0.286. The lowest BCUT2D eigenvalue weighted by Crippen LogP contribution is -2.02. The third-order valence-electron chi connectivity index (χ3n) is 2.72. The molecule has 0 atom stereocenters. The van der Waals surface area contributed by atoms with E-state index in [0.717, 1.165) is 29.5 Å². The van der Waals surface area contributed by atoms with Gasteiger partial charge in [0.1, 0.15) is 0 Å². The van der Waals surface area contributed by atoms with Crippen LogP contribution >= 0.6 is 15.9 Å². The number of halogens is 1. The first-order valence-corrected chi connectivity index (χ1v) is 6.63. The Balaban J connectivity index is 2.07. The molecular weight excluding hydrogens is 278 g/mol. The summed E-state index contributed by atoms with van der Waals surface area (Å²) < 4.78 is 1.11. The number of fused-ring (bicyclic) bond motifs is 1. The average molecular weight is 294 g/mol. The fourth-order valence-corrected chi connectivity index (χ4v) is 2.17. The topological polar surface area (TPSA) is 32.3 Å². The van der Waals surface area contributed by atoms with E-state index in [9.17, 15) is 0 Å². The van der Waals surface area contributed by atoms with Crippen LogP contribution in [0.3, 0.4) is 0 Å². The van der Waals surface area contributed by atoms with E-state index in [2.05, 4.69) is 57.6 Å². The van der Waals surface area contributed by atoms with E-state index in [4.69, 9.17) is 5.11 Å². The van der Waals surface area contributed by atoms with Crippen molar-refractivity contribution in [2.45, 2.75) is 12.8 Å². The van der Waals surface area contributed by atoms with Gasteiger partial charge in [0.2, 0.25) is 0 Å². The first-order chi connectivity index (χ1) is 8.29. The maximum Gasteiger partial charge on any atom is 0.0431 e. The Hall–Kier alpha value is -1.06. The molecule has 0 amide bonds. The molecule has 2 N–H and O–H groups in total. The van der Waals surface area contributed by atoms with Crippen LogP contribution in [0.15, 0.2) is 40.9 Å². The van der Waals surface area contributed by atoms with Gasteiger partial charge >= 0.3 is 0 Å². The quantitative estimate of drug-likeness (QED) is 0.822. The number of anilines is 1. The van der Waals surface area contributed by atoms with Gasteiger partial charge in [-0.1, -0.05) is 28.1 Å². The molecule has 17 heavy (non-hydrogen) atoms. The molecule has 0 spiro atoms. The van der Waals surface area contributed by atoms with Gasteiger partial charge in [-0.2, -0.15) is 0 Å². The van der Waals surface area contributed by atoms with Crippen LogP contribution in [-0.4, -0.2) is 18.3 Å². The Bertz CT molecular complexity index is 499. The maximum absolute atomic E-state index is 8.70. The lowest BCUT2D eigenvalue weighted by molar-refractivity contribution is 0.286. The fourth-order valence-electron chi connectivity index (χ4n) is 1.80. The number of nitrogens with one attached hydrogen (secondary N) is 1. The van der Waals surface area contributed by atoms with Gasteiger partial charge in [0.05, 0.1) is 0 Å². The molecule has 2 aromatic carbocycles. The number of hydrogen-bond acceptors (Lipinski definition) is 2. The SMILES string of the molecule is OCCCCNc1ccc2cc(Br)ccc2c1. The summed E-state index contributed by atoms with van der Waals surface area (Å²) in [7, 11) is 0. The molecule has 0 fully saturated rings. The van der Waals surface area contributed by atoms with Crippen molar-refractivity contribution >= 4 is 32.4 Å². The van der Waals surface area contributed by atoms with Gasteiger partial charge < -0.3 is 10.4 Å². The molecule has 0 aliphatic carbocycles. The molecule has 0 saturated heterocycles. The van der Waals surface area contributed by atoms with E-state index >= 15 is 0 Å². The molecule has 0 saturated carbocycles. The van der Waals surface area contributed by atoms with Crippen LogP contribution in [0.4, 0.5) is 5.69 Å². The van der Waals surface area contributed by atoms with Crippen molar-refractivity contribution < 1.29 is 5.11 Å². The minimum absolute atomic E-state index is 0.271. The Labute approximate surface area is 110 Å². The Morgan fingerprint density at radius 2 is 1.76 bits per heavy atom. The highest BCUT2D eigenvalue weighted by atomic mass is 79.9. The highest BCUT2D eigenvalue weighted by molar-refractivity contribution is 9.10. The first-order valence-electron chi connectivity index (χ1n) is 5.83. The van der Waals surface area contributed by atoms with Gasteiger partial charge in [0.15, 0.2) is 0 Å². The van der Waals surface area contributed by atoms with Crippen LogP contribution in [0.2, 0.25) is 0 Å². The largest absolute Gasteiger partial charge is 0.396 e. The zero-order valence-corrected chi connectivity index (χ0v) is 11.2. The van der Waals surface area contributed by atoms with Crippen molar-refractivity contribution in [2.24, 2.45) is 0 Å². The molecule has 0 bridgehead atoms. The smallest absolute Gasteiger partial charge is 0.0431 e. The second-order valence-corrected chi connectivity index (χ2v) is 4.98. The van der Waals surface area contributed by atoms with Gasteiger partial charge in [0.25, 0.3) is 0 Å². The lowest BCUT2D eigenvalue weighted by atomic mass is 10.1. The molecule has 0 aliphatic heterocycles. The van der Waals surface area contributed by atoms with Crippen LogP contribution in [0.5, 0.6) is 0 Å². The standard InChI is InChI=1S/C14H16BrNO/c15-13-5-3-12-10-14(6-4-11(12)9-13)16-7-1-2-8-17/h3-6,9-10,16-17H,1-2,7-8H2. The molecule has 2 rings (SSSR count). The summed E-state index contributed by atoms with van der Waals surface area (Å²) in [5.41, 5.74) is 1.14. The van der Waals surface area contributed by atoms with Crippen LogP contribution in [0, 0.1) is 0 Å². The minimum atomic E-state index is 0.271. The van der Waals surface area contributed by atoms with Gasteiger partial charge in [0, 0.05) is 23.3 Å². The van der Waals surface area contributed by atoms with E-state index < -0.39 is 0 Å². The summed E-state index contributed by atoms with van der Waals surface area (Å²) in [4.78, 5) is 0. The molecule has 2 nitrogen and oxygen atoms in total. The summed E-state index contributed by atoms with van der Waals surface area (Å²) >= 11 is 3.47. The lowest BCUT2D eigenvalue weighted by Gasteiger charge is -2.07. The molecule has 0 aromatic heterocycles. The van der Waals surface area contributed by atoms with Crippen LogP contribution in [-0.2, 0) is 0 Å². The van der Waals surface area contributed by atoms with E-state index in [1.165, 1.54) is 10.8 Å². The van der Waals surface area contributed by atoms with Gasteiger partial charge in [-0.3, -0.25) is 0 Å². The van der Waals surface area contributed by atoms with Crippen LogP contribution in [0.25, 0.3) is 10.8 Å². The number of hydrogen-bond donors (Lipinski definition) is 2. The summed E-state index contributed by atoms with van der Waals surface area (Å²) in [6.45, 7) is 1.18. The monoisotopic (exact) mass is 293 g/mol. The number of aliphatic hydroxyl groups is 1. The van der Waals surface area contributed by atoms with Gasteiger partial charge in [-0.15, -0.1) is 0 Å². The Morgan fingerprint density at radius 1 is 1.00 bits per heavy atom. The van der Waals surface area contributed by atoms with E-state index in [1.807, 2.05) is 0 Å². The summed E-state index contributed by atoms with van der Waals surface area (Å²) in [5.74, 6) is 0. The molecule has 90 valence electrons. The third-order valence-corrected chi connectivity index (χ3v) is 3.21. The third kappa shape index (κ3) is 3.45. The molecule has 0 unspecified atom stereocenters. The van der Waals surface area contributed by atoms with E-state index in [0.29, 0.717) is 0 Å². The summed E-state index contributed by atoms with van der Waals surface area (Å²) in [5, 5.41) is 14.5. The second-order valence-electron chi connectivity index (χ2n) is 4.06. The highest BCUT2D eigenvalue weighted by Crippen LogP contribution is 2.22. The summed E-state index contributed by atoms with van der Waals surface area (Å²) in [6, 6.07) is 12.6. The Morgan fingerprint density at radius 3 is 2.59 bits per heavy atom. The number of benzene rings is 2. The van der Waals surface area contributed by atoms with Crippen molar-refractivity contribution in [3.8, 4) is 0 Å². The van der Waals surface area contributed by atoms with E-state index in [1.54, 1.807) is 0 Å². The molecule has 3 heteroatoms. The van der Waals surface area contributed by atoms with Crippen molar-refractivity contribution in [1.82, 2.24) is 0 Å². The van der Waals surface area contributed by atoms with Crippen LogP contribution in [0.1, 0.15) is 12.8 Å². The first kappa shape index (κ1) is 12.4. The van der Waals surface area contributed by atoms with E-state index in [-0.39, 0.29) is 6.61 Å². The zero-order chi connectivity index (χ0) is 12.1. The van der Waals surface area contributed by atoms with Gasteiger partial charge in [-0.05, 0) is 47.9 Å². The van der Waals surface area contributed by atoms with Crippen molar-refractivity contribution in [1.29, 1.82) is 0 Å². The number of rotatable bonds is 5. The van der Waals surface area contributed by atoms with Crippen LogP contribution < -0.4 is 5.32 Å². The zero-order valence-electron chi connectivity index (χ0n) is 9.62. The second kappa shape index (κ2) is 6.03. The van der Waals surface area contributed by atoms with Crippen molar-refractivity contribution in [3.63, 3.8) is 0 Å². The molecule has 0 heterocycles. The molecule has 0 radical (unpaired) electrons. The molecular formula is C14H16BrNO. The Kier molecular flexibility index (Phi) is 4.40. The number of aliphatic hydroxyl groups excluding tert-OH is 1. The predicted molar refractivity (Wildman–Crippen MR) is 76.5 cm³/mol. The normalized spacial score (nSPS) is 10.7. The summed E-state index contributed by atoms with van der Waals surface area (Å²) in [6.07, 6.45) is 1.85. The molecule has 0 aliphatic rings. The molecule has 2 aromatic rings. The van der Waals surface area contributed by atoms with Gasteiger partial charge in [-0.25, -0.2) is 0 Å². The minimum Gasteiger partial charge on any atom is -0.396 e. The van der Waals surface area contributed by atoms with Crippen molar-refractivity contribution in [3.05, 3.63) is 40.9 Å².